The van der Waals surface area contributed by atoms with Crippen molar-refractivity contribution < 1.29 is 9.59 Å². The van der Waals surface area contributed by atoms with Crippen molar-refractivity contribution in [3.05, 3.63) is 52.2 Å². The first-order chi connectivity index (χ1) is 13.1. The number of carbonyl (C=O) groups is 2. The number of amides is 2. The van der Waals surface area contributed by atoms with Crippen molar-refractivity contribution in [2.75, 3.05) is 11.9 Å². The lowest BCUT2D eigenvalue weighted by Crippen LogP contribution is -2.51. The Morgan fingerprint density at radius 1 is 1.26 bits per heavy atom. The number of thiophene rings is 1. The number of benzene rings is 1. The van der Waals surface area contributed by atoms with Crippen LogP contribution in [0.25, 0.3) is 0 Å². The number of rotatable bonds is 7. The smallest absolute Gasteiger partial charge is 0.251 e. The topological polar surface area (TPSA) is 70.2 Å². The van der Waals surface area contributed by atoms with Crippen LogP contribution in [0.1, 0.15) is 47.8 Å². The van der Waals surface area contributed by atoms with E-state index in [1.54, 1.807) is 29.5 Å². The van der Waals surface area contributed by atoms with Gasteiger partial charge in [-0.3, -0.25) is 9.59 Å². The normalized spacial score (nSPS) is 19.4. The Labute approximate surface area is 164 Å². The molecule has 0 bridgehead atoms. The van der Waals surface area contributed by atoms with Crippen molar-refractivity contribution in [3.63, 3.8) is 0 Å². The summed E-state index contributed by atoms with van der Waals surface area (Å²) >= 11 is 1.72. The molecular formula is C21H27N3O2S. The second-order valence-electron chi connectivity index (χ2n) is 7.03. The summed E-state index contributed by atoms with van der Waals surface area (Å²) in [6.07, 6.45) is 4.26. The van der Waals surface area contributed by atoms with Crippen molar-refractivity contribution in [2.24, 2.45) is 0 Å². The van der Waals surface area contributed by atoms with Crippen molar-refractivity contribution in [2.45, 2.75) is 51.1 Å². The average Bonchev–Trinajstić information content (AvgIpc) is 3.17. The van der Waals surface area contributed by atoms with Gasteiger partial charge in [0.2, 0.25) is 5.91 Å². The van der Waals surface area contributed by atoms with E-state index in [9.17, 15) is 9.59 Å². The maximum Gasteiger partial charge on any atom is 0.251 e. The lowest BCUT2D eigenvalue weighted by molar-refractivity contribution is -0.116. The summed E-state index contributed by atoms with van der Waals surface area (Å²) in [6.45, 7) is 3.10. The zero-order valence-electron chi connectivity index (χ0n) is 15.7. The van der Waals surface area contributed by atoms with Gasteiger partial charge in [0.05, 0.1) is 0 Å². The number of carbonyl (C=O) groups excluding carboxylic acids is 2. The molecule has 0 saturated carbocycles. The minimum Gasteiger partial charge on any atom is -0.348 e. The predicted molar refractivity (Wildman–Crippen MR) is 110 cm³/mol. The molecule has 0 radical (unpaired) electrons. The van der Waals surface area contributed by atoms with E-state index in [-0.39, 0.29) is 23.9 Å². The molecule has 0 aliphatic carbocycles. The van der Waals surface area contributed by atoms with Gasteiger partial charge >= 0.3 is 0 Å². The fraction of sp³-hybridized carbons (Fsp3) is 0.429. The van der Waals surface area contributed by atoms with Gasteiger partial charge in [0.25, 0.3) is 5.91 Å². The molecule has 1 aromatic carbocycles. The van der Waals surface area contributed by atoms with Gasteiger partial charge in [0.15, 0.2) is 0 Å². The van der Waals surface area contributed by atoms with Gasteiger partial charge in [-0.2, -0.15) is 0 Å². The summed E-state index contributed by atoms with van der Waals surface area (Å²) in [5, 5.41) is 11.4. The van der Waals surface area contributed by atoms with E-state index in [4.69, 9.17) is 0 Å². The molecule has 144 valence electrons. The number of piperidine rings is 1. The van der Waals surface area contributed by atoms with Crippen LogP contribution in [-0.2, 0) is 11.2 Å². The minimum absolute atomic E-state index is 0.0192. The molecule has 2 aromatic rings. The van der Waals surface area contributed by atoms with E-state index in [2.05, 4.69) is 34.3 Å². The molecule has 3 N–H and O–H groups in total. The lowest BCUT2D eigenvalue weighted by Gasteiger charge is -2.30. The number of hydrogen-bond acceptors (Lipinski definition) is 4. The van der Waals surface area contributed by atoms with Gasteiger partial charge in [-0.05, 0) is 68.8 Å². The molecular weight excluding hydrogens is 358 g/mol. The van der Waals surface area contributed by atoms with Crippen LogP contribution in [0.15, 0.2) is 41.8 Å². The first-order valence-electron chi connectivity index (χ1n) is 9.58. The average molecular weight is 386 g/mol. The van der Waals surface area contributed by atoms with Crippen LogP contribution >= 0.6 is 11.3 Å². The summed E-state index contributed by atoms with van der Waals surface area (Å²) in [4.78, 5) is 26.0. The van der Waals surface area contributed by atoms with E-state index in [0.717, 1.165) is 32.2 Å². The molecule has 1 saturated heterocycles. The Hall–Kier alpha value is -2.18. The number of anilines is 1. The fourth-order valence-corrected chi connectivity index (χ4v) is 4.08. The molecule has 3 rings (SSSR count). The highest BCUT2D eigenvalue weighted by molar-refractivity contribution is 7.09. The highest BCUT2D eigenvalue weighted by Crippen LogP contribution is 2.15. The minimum atomic E-state index is -0.0932. The van der Waals surface area contributed by atoms with Gasteiger partial charge in [0.1, 0.15) is 0 Å². The van der Waals surface area contributed by atoms with Gasteiger partial charge in [-0.25, -0.2) is 0 Å². The third kappa shape index (κ3) is 5.91. The first kappa shape index (κ1) is 19.6. The van der Waals surface area contributed by atoms with Crippen molar-refractivity contribution in [1.29, 1.82) is 0 Å². The standard InChI is InChI=1S/C21H27N3O2S/c1-15-19(10-4-12-22-15)24-21(26)16-6-2-7-17(14-16)23-20(25)11-3-8-18-9-5-13-27-18/h2,5-7,9,13-15,19,22H,3-4,8,10-12H2,1H3,(H,23,25)(H,24,26). The van der Waals surface area contributed by atoms with Crippen molar-refractivity contribution in [1.82, 2.24) is 10.6 Å². The third-order valence-electron chi connectivity index (χ3n) is 4.89. The van der Waals surface area contributed by atoms with Crippen LogP contribution in [0.3, 0.4) is 0 Å². The summed E-state index contributed by atoms with van der Waals surface area (Å²) in [5.41, 5.74) is 1.24. The van der Waals surface area contributed by atoms with Crippen LogP contribution in [0.4, 0.5) is 5.69 Å². The number of hydrogen-bond donors (Lipinski definition) is 3. The van der Waals surface area contributed by atoms with Crippen LogP contribution in [0.5, 0.6) is 0 Å². The molecule has 1 aliphatic heterocycles. The number of nitrogens with one attached hydrogen (secondary N) is 3. The highest BCUT2D eigenvalue weighted by Gasteiger charge is 2.22. The third-order valence-corrected chi connectivity index (χ3v) is 5.83. The molecule has 1 aromatic heterocycles. The fourth-order valence-electron chi connectivity index (χ4n) is 3.33. The first-order valence-corrected chi connectivity index (χ1v) is 10.5. The molecule has 0 spiro atoms. The zero-order valence-corrected chi connectivity index (χ0v) is 16.5. The Bertz CT molecular complexity index is 761. The quantitative estimate of drug-likeness (QED) is 0.682. The van der Waals surface area contributed by atoms with Crippen molar-refractivity contribution in [3.8, 4) is 0 Å². The molecule has 1 aliphatic rings. The van der Waals surface area contributed by atoms with Gasteiger partial charge in [0, 0.05) is 34.6 Å². The second kappa shape index (κ2) is 9.67. The monoisotopic (exact) mass is 385 g/mol. The molecule has 1 fully saturated rings. The molecule has 2 atom stereocenters. The maximum atomic E-state index is 12.5. The van der Waals surface area contributed by atoms with Crippen molar-refractivity contribution >= 4 is 28.8 Å². The number of aryl methyl sites for hydroxylation is 1. The second-order valence-corrected chi connectivity index (χ2v) is 8.06. The largest absolute Gasteiger partial charge is 0.348 e. The van der Waals surface area contributed by atoms with E-state index < -0.39 is 0 Å². The SMILES string of the molecule is CC1NCCCC1NC(=O)c1cccc(NC(=O)CCCc2cccs2)c1. The Morgan fingerprint density at radius 2 is 2.15 bits per heavy atom. The molecule has 2 unspecified atom stereocenters. The molecule has 5 nitrogen and oxygen atoms in total. The Kier molecular flexibility index (Phi) is 7.01. The lowest BCUT2D eigenvalue weighted by atomic mass is 9.99. The van der Waals surface area contributed by atoms with Gasteiger partial charge in [-0.15, -0.1) is 11.3 Å². The maximum absolute atomic E-state index is 12.5. The van der Waals surface area contributed by atoms with Crippen LogP contribution < -0.4 is 16.0 Å². The van der Waals surface area contributed by atoms with Gasteiger partial charge < -0.3 is 16.0 Å². The van der Waals surface area contributed by atoms with E-state index in [1.165, 1.54) is 4.88 Å². The van der Waals surface area contributed by atoms with E-state index >= 15 is 0 Å². The Morgan fingerprint density at radius 3 is 2.93 bits per heavy atom. The van der Waals surface area contributed by atoms with E-state index in [1.807, 2.05) is 12.1 Å². The highest BCUT2D eigenvalue weighted by atomic mass is 32.1. The Balaban J connectivity index is 1.50. The van der Waals surface area contributed by atoms with Crippen LogP contribution in [0.2, 0.25) is 0 Å². The van der Waals surface area contributed by atoms with Crippen LogP contribution in [0, 0.1) is 0 Å². The summed E-state index contributed by atoms with van der Waals surface area (Å²) < 4.78 is 0. The van der Waals surface area contributed by atoms with Gasteiger partial charge in [-0.1, -0.05) is 12.1 Å². The zero-order chi connectivity index (χ0) is 19.1. The van der Waals surface area contributed by atoms with Crippen LogP contribution in [-0.4, -0.2) is 30.4 Å². The molecule has 27 heavy (non-hydrogen) atoms. The molecule has 2 heterocycles. The summed E-state index contributed by atoms with van der Waals surface area (Å²) in [6, 6.07) is 11.7. The van der Waals surface area contributed by atoms with E-state index in [0.29, 0.717) is 17.7 Å². The summed E-state index contributed by atoms with van der Waals surface area (Å²) in [7, 11) is 0. The predicted octanol–water partition coefficient (Wildman–Crippen LogP) is 3.58. The molecule has 6 heteroatoms. The molecule has 2 amide bonds. The summed E-state index contributed by atoms with van der Waals surface area (Å²) in [5.74, 6) is -0.112.